The van der Waals surface area contributed by atoms with E-state index in [-0.39, 0.29) is 13.5 Å². The Morgan fingerprint density at radius 1 is 1.78 bits per heavy atom. The molecule has 0 amide bonds. The lowest BCUT2D eigenvalue weighted by Gasteiger charge is -1.98. The lowest BCUT2D eigenvalue weighted by atomic mass is 10.6. The van der Waals surface area contributed by atoms with Gasteiger partial charge in [-0.15, -0.1) is 0 Å². The zero-order valence-electron chi connectivity index (χ0n) is 5.09. The normalized spacial score (nSPS) is 8.44. The third-order valence-corrected chi connectivity index (χ3v) is 0.487. The van der Waals surface area contributed by atoms with Crippen LogP contribution >= 0.6 is 0 Å². The van der Waals surface area contributed by atoms with Crippen molar-refractivity contribution >= 4 is 14.1 Å². The quantitative estimate of drug-likeness (QED) is 0.120. The van der Waals surface area contributed by atoms with E-state index >= 15 is 0 Å². The summed E-state index contributed by atoms with van der Waals surface area (Å²) in [5.41, 5.74) is 2.33. The fourth-order valence-electron chi connectivity index (χ4n) is 0.211. The maximum atomic E-state index is 9.42. The van der Waals surface area contributed by atoms with E-state index in [0.29, 0.717) is 0 Å². The number of carbonyl (C=O) groups excluding carboxylic acids is 1. The van der Waals surface area contributed by atoms with Gasteiger partial charge in [0.1, 0.15) is 6.67 Å². The standard InChI is InChI=1S/C3H7BN2O3/c4-8-3-9-6-1-5-2-7/h6H,1,3-4H2. The first kappa shape index (κ1) is 8.32. The lowest BCUT2D eigenvalue weighted by Crippen LogP contribution is -2.15. The molecule has 0 aliphatic rings. The number of nitrogens with one attached hydrogen (secondary N) is 1. The van der Waals surface area contributed by atoms with Gasteiger partial charge < -0.3 is 4.65 Å². The van der Waals surface area contributed by atoms with E-state index in [1.54, 1.807) is 0 Å². The van der Waals surface area contributed by atoms with Gasteiger partial charge in [-0.05, 0) is 0 Å². The Morgan fingerprint density at radius 3 is 3.11 bits per heavy atom. The van der Waals surface area contributed by atoms with Crippen molar-refractivity contribution in [2.75, 3.05) is 13.5 Å². The number of aliphatic imine (C=N–C) groups is 1. The van der Waals surface area contributed by atoms with Crippen molar-refractivity contribution in [3.63, 3.8) is 0 Å². The molecule has 0 rings (SSSR count). The van der Waals surface area contributed by atoms with Gasteiger partial charge in [-0.3, -0.25) is 4.84 Å². The summed E-state index contributed by atoms with van der Waals surface area (Å²) in [4.78, 5) is 17.1. The zero-order valence-corrected chi connectivity index (χ0v) is 5.09. The van der Waals surface area contributed by atoms with Crippen LogP contribution in [0.1, 0.15) is 0 Å². The van der Waals surface area contributed by atoms with Crippen molar-refractivity contribution in [1.82, 2.24) is 5.48 Å². The van der Waals surface area contributed by atoms with Crippen LogP contribution < -0.4 is 5.48 Å². The maximum absolute atomic E-state index is 9.42. The molecule has 0 saturated heterocycles. The summed E-state index contributed by atoms with van der Waals surface area (Å²) in [6.07, 6.45) is 1.34. The van der Waals surface area contributed by atoms with Gasteiger partial charge in [-0.1, -0.05) is 0 Å². The molecule has 0 radical (unpaired) electrons. The second-order valence-corrected chi connectivity index (χ2v) is 1.10. The first-order valence-corrected chi connectivity index (χ1v) is 2.29. The molecule has 0 heterocycles. The van der Waals surface area contributed by atoms with Gasteiger partial charge in [0.15, 0.2) is 6.79 Å². The summed E-state index contributed by atoms with van der Waals surface area (Å²) in [6, 6.07) is 0. The molecule has 0 aromatic rings. The van der Waals surface area contributed by atoms with Crippen LogP contribution in [0.15, 0.2) is 4.99 Å². The molecular formula is C3H7BN2O3. The number of hydrogen-bond donors (Lipinski definition) is 1. The summed E-state index contributed by atoms with van der Waals surface area (Å²) in [7, 11) is 1.49. The molecule has 9 heavy (non-hydrogen) atoms. The Kier molecular flexibility index (Phi) is 6.78. The van der Waals surface area contributed by atoms with Gasteiger partial charge in [0.2, 0.25) is 6.08 Å². The van der Waals surface area contributed by atoms with Crippen LogP contribution in [0.3, 0.4) is 0 Å². The minimum Gasteiger partial charge on any atom is -0.422 e. The highest BCUT2D eigenvalue weighted by atomic mass is 16.7. The average Bonchev–Trinajstić information content (AvgIpc) is 1.89. The van der Waals surface area contributed by atoms with E-state index < -0.39 is 0 Å². The van der Waals surface area contributed by atoms with E-state index in [4.69, 9.17) is 0 Å². The minimum absolute atomic E-state index is 0.104. The fraction of sp³-hybridized carbons (Fsp3) is 0.667. The summed E-state index contributed by atoms with van der Waals surface area (Å²) in [5, 5.41) is 0. The first-order chi connectivity index (χ1) is 4.41. The smallest absolute Gasteiger partial charge is 0.260 e. The van der Waals surface area contributed by atoms with E-state index in [0.717, 1.165) is 0 Å². The topological polar surface area (TPSA) is 59.9 Å². The summed E-state index contributed by atoms with van der Waals surface area (Å²) in [6.45, 7) is 0.237. The van der Waals surface area contributed by atoms with Crippen LogP contribution in [-0.4, -0.2) is 27.6 Å². The molecule has 6 heteroatoms. The molecule has 0 aliphatic carbocycles. The van der Waals surface area contributed by atoms with E-state index in [9.17, 15) is 4.79 Å². The zero-order chi connectivity index (χ0) is 6.95. The second kappa shape index (κ2) is 7.32. The largest absolute Gasteiger partial charge is 0.422 e. The summed E-state index contributed by atoms with van der Waals surface area (Å²) in [5.74, 6) is 0. The molecule has 0 saturated carbocycles. The van der Waals surface area contributed by atoms with Crippen molar-refractivity contribution < 1.29 is 14.3 Å². The van der Waals surface area contributed by atoms with Crippen LogP contribution in [-0.2, 0) is 14.3 Å². The number of rotatable bonds is 5. The molecular weight excluding hydrogens is 123 g/mol. The third-order valence-electron chi connectivity index (χ3n) is 0.487. The highest BCUT2D eigenvalue weighted by Gasteiger charge is 1.78. The number of hydrogen-bond acceptors (Lipinski definition) is 5. The molecule has 0 spiro atoms. The summed E-state index contributed by atoms with van der Waals surface area (Å²) < 4.78 is 4.50. The van der Waals surface area contributed by atoms with Gasteiger partial charge in [0.05, 0.1) is 0 Å². The molecule has 0 fully saturated rings. The predicted molar refractivity (Wildman–Crippen MR) is 31.7 cm³/mol. The Labute approximate surface area is 53.4 Å². The van der Waals surface area contributed by atoms with Crippen LogP contribution in [0.5, 0.6) is 0 Å². The Hall–Kier alpha value is -0.675. The molecule has 0 atom stereocenters. The summed E-state index contributed by atoms with van der Waals surface area (Å²) >= 11 is 0. The third kappa shape index (κ3) is 7.32. The Balaban J connectivity index is 2.82. The molecule has 0 aromatic carbocycles. The molecule has 0 aliphatic heterocycles. The highest BCUT2D eigenvalue weighted by molar-refractivity contribution is 5.97. The number of hydroxylamine groups is 1. The van der Waals surface area contributed by atoms with E-state index in [1.165, 1.54) is 14.1 Å². The molecule has 5 nitrogen and oxygen atoms in total. The van der Waals surface area contributed by atoms with Crippen LogP contribution in [0.2, 0.25) is 0 Å². The number of isocyanates is 1. The van der Waals surface area contributed by atoms with Crippen molar-refractivity contribution in [1.29, 1.82) is 0 Å². The highest BCUT2D eigenvalue weighted by Crippen LogP contribution is 1.65. The average molecular weight is 130 g/mol. The van der Waals surface area contributed by atoms with Gasteiger partial charge in [-0.25, -0.2) is 4.79 Å². The molecule has 50 valence electrons. The van der Waals surface area contributed by atoms with Gasteiger partial charge >= 0.3 is 0 Å². The molecule has 0 unspecified atom stereocenters. The lowest BCUT2D eigenvalue weighted by molar-refractivity contribution is -0.0427. The van der Waals surface area contributed by atoms with Crippen LogP contribution in [0.25, 0.3) is 0 Å². The van der Waals surface area contributed by atoms with E-state index in [1.807, 2.05) is 0 Å². The number of nitrogens with zero attached hydrogens (tertiary/aromatic N) is 1. The molecule has 1 N–H and O–H groups in total. The SMILES string of the molecule is BOCONCN=C=O. The Morgan fingerprint density at radius 2 is 2.56 bits per heavy atom. The van der Waals surface area contributed by atoms with Gasteiger partial charge in [0.25, 0.3) is 8.05 Å². The van der Waals surface area contributed by atoms with Crippen molar-refractivity contribution in [2.24, 2.45) is 4.99 Å². The van der Waals surface area contributed by atoms with Crippen molar-refractivity contribution in [2.45, 2.75) is 0 Å². The van der Waals surface area contributed by atoms with Gasteiger partial charge in [-0.2, -0.15) is 10.5 Å². The monoisotopic (exact) mass is 130 g/mol. The Bertz CT molecular complexity index is 103. The maximum Gasteiger partial charge on any atom is 0.260 e. The predicted octanol–water partition coefficient (Wildman–Crippen LogP) is -1.68. The van der Waals surface area contributed by atoms with Gasteiger partial charge in [0, 0.05) is 0 Å². The fourth-order valence-corrected chi connectivity index (χ4v) is 0.211. The first-order valence-electron chi connectivity index (χ1n) is 2.29. The second-order valence-electron chi connectivity index (χ2n) is 1.10. The van der Waals surface area contributed by atoms with Crippen molar-refractivity contribution in [3.05, 3.63) is 0 Å². The minimum atomic E-state index is 0.104. The van der Waals surface area contributed by atoms with E-state index in [2.05, 4.69) is 20.0 Å². The van der Waals surface area contributed by atoms with Crippen LogP contribution in [0, 0.1) is 0 Å². The molecule has 0 aromatic heterocycles. The van der Waals surface area contributed by atoms with Crippen molar-refractivity contribution in [3.8, 4) is 0 Å². The molecule has 0 bridgehead atoms. The van der Waals surface area contributed by atoms with Crippen LogP contribution in [0.4, 0.5) is 0 Å².